The summed E-state index contributed by atoms with van der Waals surface area (Å²) in [4.78, 5) is 10.4. The van der Waals surface area contributed by atoms with Gasteiger partial charge >= 0.3 is 0 Å². The molecule has 0 aliphatic heterocycles. The van der Waals surface area contributed by atoms with Gasteiger partial charge in [0.05, 0.1) is 4.92 Å². The predicted octanol–water partition coefficient (Wildman–Crippen LogP) is 1.89. The summed E-state index contributed by atoms with van der Waals surface area (Å²) >= 11 is 0. The second-order valence-corrected chi connectivity index (χ2v) is 5.74. The first kappa shape index (κ1) is 14.8. The standard InChI is InChI=1S/C12H18N2O3S/c1-3-11(13)8-18(17)7-10-5-4-6-12(9(10)2)14(15)16/h4-6,11H,3,7-8,13H2,1-2H3. The second kappa shape index (κ2) is 6.61. The average molecular weight is 270 g/mol. The van der Waals surface area contributed by atoms with Crippen molar-refractivity contribution < 1.29 is 9.13 Å². The van der Waals surface area contributed by atoms with Crippen LogP contribution in [0, 0.1) is 17.0 Å². The lowest BCUT2D eigenvalue weighted by molar-refractivity contribution is -0.385. The Labute approximate surface area is 109 Å². The van der Waals surface area contributed by atoms with Crippen LogP contribution in [0.5, 0.6) is 0 Å². The van der Waals surface area contributed by atoms with E-state index in [-0.39, 0.29) is 11.7 Å². The fraction of sp³-hybridized carbons (Fsp3) is 0.500. The third kappa shape index (κ3) is 3.89. The number of nitrogens with two attached hydrogens (primary N) is 1. The molecule has 0 aromatic heterocycles. The number of hydrogen-bond donors (Lipinski definition) is 1. The Morgan fingerprint density at radius 3 is 2.72 bits per heavy atom. The Bertz CT molecular complexity index is 463. The monoisotopic (exact) mass is 270 g/mol. The van der Waals surface area contributed by atoms with Crippen molar-refractivity contribution in [3.8, 4) is 0 Å². The van der Waals surface area contributed by atoms with E-state index in [2.05, 4.69) is 0 Å². The molecule has 0 heterocycles. The molecule has 18 heavy (non-hydrogen) atoms. The molecular weight excluding hydrogens is 252 g/mol. The molecular formula is C12H18N2O3S. The Morgan fingerprint density at radius 1 is 1.50 bits per heavy atom. The molecule has 0 amide bonds. The predicted molar refractivity (Wildman–Crippen MR) is 72.8 cm³/mol. The first-order valence-electron chi connectivity index (χ1n) is 5.79. The lowest BCUT2D eigenvalue weighted by Crippen LogP contribution is -2.26. The molecule has 2 atom stereocenters. The van der Waals surface area contributed by atoms with E-state index in [1.54, 1.807) is 19.1 Å². The largest absolute Gasteiger partial charge is 0.327 e. The molecule has 0 fully saturated rings. The molecule has 0 bridgehead atoms. The number of nitrogens with zero attached hydrogens (tertiary/aromatic N) is 1. The fourth-order valence-electron chi connectivity index (χ4n) is 1.61. The van der Waals surface area contributed by atoms with Crippen molar-refractivity contribution in [2.75, 3.05) is 5.75 Å². The Morgan fingerprint density at radius 2 is 2.17 bits per heavy atom. The summed E-state index contributed by atoms with van der Waals surface area (Å²) in [6.45, 7) is 3.63. The quantitative estimate of drug-likeness (QED) is 0.631. The molecule has 1 aromatic rings. The minimum absolute atomic E-state index is 0.0734. The highest BCUT2D eigenvalue weighted by molar-refractivity contribution is 7.84. The van der Waals surface area contributed by atoms with E-state index in [9.17, 15) is 14.3 Å². The molecule has 100 valence electrons. The maximum Gasteiger partial charge on any atom is 0.272 e. The van der Waals surface area contributed by atoms with E-state index < -0.39 is 15.7 Å². The summed E-state index contributed by atoms with van der Waals surface area (Å²) < 4.78 is 11.9. The van der Waals surface area contributed by atoms with E-state index in [1.165, 1.54) is 6.07 Å². The maximum absolute atomic E-state index is 11.9. The van der Waals surface area contributed by atoms with Crippen LogP contribution in [-0.4, -0.2) is 20.9 Å². The van der Waals surface area contributed by atoms with Crippen LogP contribution in [0.3, 0.4) is 0 Å². The van der Waals surface area contributed by atoms with Crippen LogP contribution in [0.15, 0.2) is 18.2 Å². The van der Waals surface area contributed by atoms with E-state index in [1.807, 2.05) is 6.92 Å². The molecule has 1 aromatic carbocycles. The van der Waals surface area contributed by atoms with Crippen molar-refractivity contribution in [1.82, 2.24) is 0 Å². The molecule has 1 rings (SSSR count). The van der Waals surface area contributed by atoms with E-state index in [0.717, 1.165) is 12.0 Å². The first-order valence-corrected chi connectivity index (χ1v) is 7.28. The van der Waals surface area contributed by atoms with Gasteiger partial charge in [-0.15, -0.1) is 0 Å². The van der Waals surface area contributed by atoms with Gasteiger partial charge in [-0.2, -0.15) is 0 Å². The van der Waals surface area contributed by atoms with Gasteiger partial charge in [0.1, 0.15) is 0 Å². The molecule has 2 unspecified atom stereocenters. The lowest BCUT2D eigenvalue weighted by Gasteiger charge is -2.10. The molecule has 0 saturated carbocycles. The van der Waals surface area contributed by atoms with Crippen molar-refractivity contribution in [3.63, 3.8) is 0 Å². The molecule has 6 heteroatoms. The Balaban J connectivity index is 2.82. The lowest BCUT2D eigenvalue weighted by atomic mass is 10.1. The van der Waals surface area contributed by atoms with Crippen molar-refractivity contribution in [2.24, 2.45) is 5.73 Å². The zero-order valence-corrected chi connectivity index (χ0v) is 11.4. The van der Waals surface area contributed by atoms with Gasteiger partial charge < -0.3 is 5.73 Å². The third-order valence-corrected chi connectivity index (χ3v) is 4.29. The molecule has 0 spiro atoms. The zero-order chi connectivity index (χ0) is 13.7. The highest BCUT2D eigenvalue weighted by Gasteiger charge is 2.15. The summed E-state index contributed by atoms with van der Waals surface area (Å²) in [5.74, 6) is 0.750. The smallest absolute Gasteiger partial charge is 0.272 e. The topological polar surface area (TPSA) is 86.2 Å². The molecule has 2 N–H and O–H groups in total. The van der Waals surface area contributed by atoms with Crippen molar-refractivity contribution >= 4 is 16.5 Å². The Kier molecular flexibility index (Phi) is 5.43. The molecule has 0 saturated heterocycles. The normalized spacial score (nSPS) is 14.2. The zero-order valence-electron chi connectivity index (χ0n) is 10.6. The number of nitro benzene ring substituents is 1. The third-order valence-electron chi connectivity index (χ3n) is 2.85. The average Bonchev–Trinajstić information content (AvgIpc) is 2.31. The van der Waals surface area contributed by atoms with E-state index in [0.29, 0.717) is 17.1 Å². The number of benzene rings is 1. The molecule has 0 radical (unpaired) electrons. The SMILES string of the molecule is CCC(N)CS(=O)Cc1cccc([N+](=O)[O-])c1C. The summed E-state index contributed by atoms with van der Waals surface area (Å²) in [7, 11) is -1.08. The minimum Gasteiger partial charge on any atom is -0.327 e. The van der Waals surface area contributed by atoms with Crippen LogP contribution in [0.4, 0.5) is 5.69 Å². The van der Waals surface area contributed by atoms with Crippen molar-refractivity contribution in [3.05, 3.63) is 39.4 Å². The number of nitro groups is 1. The summed E-state index contributed by atoms with van der Waals surface area (Å²) in [6, 6.07) is 4.78. The summed E-state index contributed by atoms with van der Waals surface area (Å²) in [5, 5.41) is 10.8. The molecule has 0 aliphatic carbocycles. The highest BCUT2D eigenvalue weighted by atomic mass is 32.2. The fourth-order valence-corrected chi connectivity index (χ4v) is 3.10. The summed E-state index contributed by atoms with van der Waals surface area (Å²) in [5.41, 5.74) is 7.16. The summed E-state index contributed by atoms with van der Waals surface area (Å²) in [6.07, 6.45) is 0.777. The van der Waals surface area contributed by atoms with Gasteiger partial charge in [0.15, 0.2) is 0 Å². The van der Waals surface area contributed by atoms with Gasteiger partial charge in [-0.25, -0.2) is 0 Å². The van der Waals surface area contributed by atoms with Gasteiger partial charge in [0, 0.05) is 40.0 Å². The highest BCUT2D eigenvalue weighted by Crippen LogP contribution is 2.22. The van der Waals surface area contributed by atoms with Crippen molar-refractivity contribution in [1.29, 1.82) is 0 Å². The van der Waals surface area contributed by atoms with Crippen LogP contribution in [0.1, 0.15) is 24.5 Å². The van der Waals surface area contributed by atoms with Gasteiger partial charge in [-0.3, -0.25) is 14.3 Å². The van der Waals surface area contributed by atoms with Crippen LogP contribution < -0.4 is 5.73 Å². The van der Waals surface area contributed by atoms with Crippen LogP contribution in [0.2, 0.25) is 0 Å². The van der Waals surface area contributed by atoms with Gasteiger partial charge in [0.25, 0.3) is 5.69 Å². The van der Waals surface area contributed by atoms with E-state index >= 15 is 0 Å². The minimum atomic E-state index is -1.08. The van der Waals surface area contributed by atoms with Gasteiger partial charge in [-0.1, -0.05) is 19.1 Å². The maximum atomic E-state index is 11.9. The van der Waals surface area contributed by atoms with Crippen LogP contribution in [-0.2, 0) is 16.6 Å². The Hall–Kier alpha value is -1.27. The van der Waals surface area contributed by atoms with Gasteiger partial charge in [0.2, 0.25) is 0 Å². The number of hydrogen-bond acceptors (Lipinski definition) is 4. The molecule has 0 aliphatic rings. The van der Waals surface area contributed by atoms with Crippen LogP contribution in [0.25, 0.3) is 0 Å². The van der Waals surface area contributed by atoms with Crippen LogP contribution >= 0.6 is 0 Å². The number of rotatable bonds is 6. The first-order chi connectivity index (χ1) is 8.45. The molecule has 5 nitrogen and oxygen atoms in total. The van der Waals surface area contributed by atoms with E-state index in [4.69, 9.17) is 5.73 Å². The van der Waals surface area contributed by atoms with Gasteiger partial charge in [-0.05, 0) is 18.9 Å². The van der Waals surface area contributed by atoms with Crippen molar-refractivity contribution in [2.45, 2.75) is 32.1 Å². The second-order valence-electron chi connectivity index (χ2n) is 4.24.